The molecule has 0 N–H and O–H groups in total. The molecule has 0 spiro atoms. The van der Waals surface area contributed by atoms with Crippen LogP contribution < -0.4 is 5.56 Å². The van der Waals surface area contributed by atoms with Crippen molar-refractivity contribution in [1.82, 2.24) is 19.4 Å². The van der Waals surface area contributed by atoms with Crippen LogP contribution in [0.25, 0.3) is 21.1 Å². The van der Waals surface area contributed by atoms with Gasteiger partial charge in [0.05, 0.1) is 32.5 Å². The predicted molar refractivity (Wildman–Crippen MR) is 119 cm³/mol. The van der Waals surface area contributed by atoms with Gasteiger partial charge in [-0.1, -0.05) is 24.3 Å². The Bertz CT molecular complexity index is 1240. The van der Waals surface area contributed by atoms with Gasteiger partial charge in [0.15, 0.2) is 0 Å². The summed E-state index contributed by atoms with van der Waals surface area (Å²) in [6.45, 7) is 1.84. The van der Waals surface area contributed by atoms with Crippen LogP contribution in [-0.4, -0.2) is 38.4 Å². The number of hydrogen-bond acceptors (Lipinski definition) is 5. The third-order valence-electron chi connectivity index (χ3n) is 5.81. The van der Waals surface area contributed by atoms with Gasteiger partial charge < -0.3 is 4.90 Å². The number of aryl methyl sites for hydroxylation is 1. The maximum atomic E-state index is 12.7. The number of piperidine rings is 1. The Balaban J connectivity index is 1.20. The zero-order chi connectivity index (χ0) is 20.5. The number of para-hydroxylation sites is 2. The molecule has 0 atom stereocenters. The second kappa shape index (κ2) is 7.99. The molecule has 2 aromatic heterocycles. The van der Waals surface area contributed by atoms with E-state index in [-0.39, 0.29) is 11.5 Å². The lowest BCUT2D eigenvalue weighted by molar-refractivity contribution is -0.132. The minimum atomic E-state index is -0.0945. The molecular weight excluding hydrogens is 396 g/mol. The van der Waals surface area contributed by atoms with Crippen molar-refractivity contribution >= 4 is 38.4 Å². The Labute approximate surface area is 177 Å². The number of benzene rings is 2. The van der Waals surface area contributed by atoms with E-state index in [0.29, 0.717) is 29.8 Å². The van der Waals surface area contributed by atoms with E-state index in [1.54, 1.807) is 17.4 Å². The number of hydrogen-bond donors (Lipinski definition) is 0. The Morgan fingerprint density at radius 3 is 2.57 bits per heavy atom. The van der Waals surface area contributed by atoms with E-state index < -0.39 is 0 Å². The highest BCUT2D eigenvalue weighted by Crippen LogP contribution is 2.33. The van der Waals surface area contributed by atoms with Crippen LogP contribution in [0.3, 0.4) is 0 Å². The number of amides is 1. The van der Waals surface area contributed by atoms with Gasteiger partial charge in [-0.3, -0.25) is 14.2 Å². The summed E-state index contributed by atoms with van der Waals surface area (Å²) in [6, 6.07) is 15.5. The van der Waals surface area contributed by atoms with E-state index in [9.17, 15) is 9.59 Å². The number of likely N-dealkylation sites (tertiary alicyclic amines) is 1. The molecule has 0 unspecified atom stereocenters. The lowest BCUT2D eigenvalue weighted by atomic mass is 9.97. The van der Waals surface area contributed by atoms with E-state index in [1.807, 2.05) is 35.2 Å². The van der Waals surface area contributed by atoms with Gasteiger partial charge in [-0.25, -0.2) is 9.97 Å². The molecule has 2 aromatic carbocycles. The smallest absolute Gasteiger partial charge is 0.261 e. The van der Waals surface area contributed by atoms with Crippen LogP contribution in [0.5, 0.6) is 0 Å². The Morgan fingerprint density at radius 1 is 1.03 bits per heavy atom. The van der Waals surface area contributed by atoms with Crippen molar-refractivity contribution in [3.63, 3.8) is 0 Å². The molecule has 0 saturated carbocycles. The first-order valence-corrected chi connectivity index (χ1v) is 11.1. The van der Waals surface area contributed by atoms with Crippen molar-refractivity contribution in [3.8, 4) is 0 Å². The van der Waals surface area contributed by atoms with Crippen LogP contribution in [0.15, 0.2) is 59.7 Å². The molecule has 7 heteroatoms. The fraction of sp³-hybridized carbons (Fsp3) is 0.304. The Hall–Kier alpha value is -3.06. The third kappa shape index (κ3) is 3.61. The molecule has 1 aliphatic heterocycles. The molecule has 30 heavy (non-hydrogen) atoms. The topological polar surface area (TPSA) is 68.1 Å². The molecule has 1 saturated heterocycles. The molecule has 0 bridgehead atoms. The molecule has 1 amide bonds. The molecule has 0 aliphatic carbocycles. The number of fused-ring (bicyclic) bond motifs is 2. The van der Waals surface area contributed by atoms with Crippen LogP contribution in [0.1, 0.15) is 30.2 Å². The maximum Gasteiger partial charge on any atom is 0.261 e. The molecule has 1 fully saturated rings. The molecule has 0 radical (unpaired) electrons. The van der Waals surface area contributed by atoms with Crippen LogP contribution in [0, 0.1) is 0 Å². The molecule has 5 rings (SSSR count). The van der Waals surface area contributed by atoms with Crippen molar-refractivity contribution in [2.24, 2.45) is 0 Å². The molecule has 6 nitrogen and oxygen atoms in total. The lowest BCUT2D eigenvalue weighted by Gasteiger charge is -2.31. The van der Waals surface area contributed by atoms with E-state index in [0.717, 1.165) is 31.4 Å². The lowest BCUT2D eigenvalue weighted by Crippen LogP contribution is -2.38. The first kappa shape index (κ1) is 18.9. The quantitative estimate of drug-likeness (QED) is 0.506. The van der Waals surface area contributed by atoms with Crippen molar-refractivity contribution in [2.45, 2.75) is 31.7 Å². The number of thiazole rings is 1. The van der Waals surface area contributed by atoms with Crippen molar-refractivity contribution in [2.75, 3.05) is 13.1 Å². The summed E-state index contributed by atoms with van der Waals surface area (Å²) in [4.78, 5) is 36.3. The van der Waals surface area contributed by atoms with Crippen molar-refractivity contribution in [1.29, 1.82) is 0 Å². The highest BCUT2D eigenvalue weighted by molar-refractivity contribution is 7.18. The van der Waals surface area contributed by atoms with E-state index in [1.165, 1.54) is 20.6 Å². The number of carbonyl (C=O) groups is 1. The van der Waals surface area contributed by atoms with E-state index >= 15 is 0 Å². The summed E-state index contributed by atoms with van der Waals surface area (Å²) in [5.41, 5.74) is 1.65. The third-order valence-corrected chi connectivity index (χ3v) is 7.00. The second-order valence-corrected chi connectivity index (χ2v) is 8.75. The van der Waals surface area contributed by atoms with Gasteiger partial charge in [-0.2, -0.15) is 0 Å². The van der Waals surface area contributed by atoms with Gasteiger partial charge in [0, 0.05) is 32.0 Å². The average molecular weight is 419 g/mol. The summed E-state index contributed by atoms with van der Waals surface area (Å²) in [6.07, 6.45) is 3.72. The number of rotatable bonds is 4. The molecule has 3 heterocycles. The highest BCUT2D eigenvalue weighted by atomic mass is 32.1. The molecule has 1 aliphatic rings. The summed E-state index contributed by atoms with van der Waals surface area (Å²) in [7, 11) is 0. The van der Waals surface area contributed by atoms with Crippen molar-refractivity contribution < 1.29 is 4.79 Å². The average Bonchev–Trinajstić information content (AvgIpc) is 3.23. The molecule has 152 valence electrons. The minimum absolute atomic E-state index is 0.0945. The number of aromatic nitrogens is 3. The zero-order valence-electron chi connectivity index (χ0n) is 16.5. The zero-order valence-corrected chi connectivity index (χ0v) is 17.3. The second-order valence-electron chi connectivity index (χ2n) is 7.69. The van der Waals surface area contributed by atoms with E-state index in [2.05, 4.69) is 17.1 Å². The molecule has 4 aromatic rings. The van der Waals surface area contributed by atoms with E-state index in [4.69, 9.17) is 4.98 Å². The SMILES string of the molecule is O=C(CCn1cnc2ccccc2c1=O)N1CCC(c2nc3ccccc3s2)CC1. The van der Waals surface area contributed by atoms with Gasteiger partial charge >= 0.3 is 0 Å². The highest BCUT2D eigenvalue weighted by Gasteiger charge is 2.25. The van der Waals surface area contributed by atoms with Gasteiger partial charge in [0.2, 0.25) is 5.91 Å². The largest absolute Gasteiger partial charge is 0.343 e. The first-order chi connectivity index (χ1) is 14.7. The Kier molecular flexibility index (Phi) is 5.04. The fourth-order valence-corrected chi connectivity index (χ4v) is 5.22. The monoisotopic (exact) mass is 418 g/mol. The van der Waals surface area contributed by atoms with Gasteiger partial charge in [0.1, 0.15) is 0 Å². The fourth-order valence-electron chi connectivity index (χ4n) is 4.08. The standard InChI is InChI=1S/C23H22N4O2S/c28-21(11-14-27-15-24-18-6-2-1-5-17(18)23(27)29)26-12-9-16(10-13-26)22-25-19-7-3-4-8-20(19)30-22/h1-8,15-16H,9-14H2. The minimum Gasteiger partial charge on any atom is -0.343 e. The predicted octanol–water partition coefficient (Wildman–Crippen LogP) is 3.80. The summed E-state index contributed by atoms with van der Waals surface area (Å²) in [5.74, 6) is 0.511. The van der Waals surface area contributed by atoms with Crippen LogP contribution in [-0.2, 0) is 11.3 Å². The molecular formula is C23H22N4O2S. The summed E-state index contributed by atoms with van der Waals surface area (Å²) in [5, 5.41) is 1.76. The number of carbonyl (C=O) groups excluding carboxylic acids is 1. The maximum absolute atomic E-state index is 12.7. The van der Waals surface area contributed by atoms with Crippen LogP contribution in [0.2, 0.25) is 0 Å². The van der Waals surface area contributed by atoms with Crippen molar-refractivity contribution in [3.05, 3.63) is 70.2 Å². The summed E-state index contributed by atoms with van der Waals surface area (Å²) >= 11 is 1.76. The number of nitrogens with zero attached hydrogens (tertiary/aromatic N) is 4. The van der Waals surface area contributed by atoms with Crippen LogP contribution >= 0.6 is 11.3 Å². The van der Waals surface area contributed by atoms with Crippen LogP contribution in [0.4, 0.5) is 0 Å². The van der Waals surface area contributed by atoms with Gasteiger partial charge in [0.25, 0.3) is 5.56 Å². The van der Waals surface area contributed by atoms with Gasteiger partial charge in [-0.15, -0.1) is 11.3 Å². The normalized spacial score (nSPS) is 15.1. The van der Waals surface area contributed by atoms with Gasteiger partial charge in [-0.05, 0) is 37.1 Å². The summed E-state index contributed by atoms with van der Waals surface area (Å²) < 4.78 is 2.76. The Morgan fingerprint density at radius 2 is 1.77 bits per heavy atom. The first-order valence-electron chi connectivity index (χ1n) is 10.3.